The fourth-order valence-electron chi connectivity index (χ4n) is 3.62. The first-order valence-electron chi connectivity index (χ1n) is 10.2. The van der Waals surface area contributed by atoms with Gasteiger partial charge in [0.05, 0.1) is 23.6 Å². The molecule has 0 bridgehead atoms. The van der Waals surface area contributed by atoms with Crippen LogP contribution in [0, 0.1) is 5.82 Å². The molecule has 1 aromatic heterocycles. The van der Waals surface area contributed by atoms with Crippen molar-refractivity contribution in [3.05, 3.63) is 53.2 Å². The minimum Gasteiger partial charge on any atom is -0.491 e. The molecule has 1 aliphatic heterocycles. The van der Waals surface area contributed by atoms with E-state index in [2.05, 4.69) is 10.4 Å². The SMILES string of the molecule is CNn1c(-c2cccc(F)c2)cc(CCO)c1C1=C(OCCCOC)C(=S(=O)=O)C(Cl)N=C1. The van der Waals surface area contributed by atoms with Gasteiger partial charge in [-0.15, -0.1) is 0 Å². The Hall–Kier alpha value is -2.66. The quantitative estimate of drug-likeness (QED) is 0.226. The van der Waals surface area contributed by atoms with E-state index >= 15 is 0 Å². The summed E-state index contributed by atoms with van der Waals surface area (Å²) in [7, 11) is 0.551. The lowest BCUT2D eigenvalue weighted by Gasteiger charge is -2.22. The minimum absolute atomic E-state index is 0.0778. The molecule has 1 atom stereocenters. The summed E-state index contributed by atoms with van der Waals surface area (Å²) >= 11 is 6.19. The number of hydrogen-bond acceptors (Lipinski definition) is 7. The van der Waals surface area contributed by atoms with E-state index in [4.69, 9.17) is 21.1 Å². The molecule has 3 rings (SSSR count). The van der Waals surface area contributed by atoms with Crippen molar-refractivity contribution in [3.63, 3.8) is 0 Å². The Morgan fingerprint density at radius 1 is 1.30 bits per heavy atom. The number of aliphatic hydroxyl groups is 1. The third-order valence-corrected chi connectivity index (χ3v) is 6.23. The highest BCUT2D eigenvalue weighted by Crippen LogP contribution is 2.34. The number of methoxy groups -OCH3 is 1. The number of aliphatic imine (C=N–C) groups is 1. The molecule has 2 aromatic rings. The van der Waals surface area contributed by atoms with Gasteiger partial charge in [0.2, 0.25) is 10.3 Å². The number of hydrogen-bond donors (Lipinski definition) is 2. The van der Waals surface area contributed by atoms with E-state index in [1.54, 1.807) is 37.0 Å². The Labute approximate surface area is 197 Å². The Morgan fingerprint density at radius 2 is 2.09 bits per heavy atom. The van der Waals surface area contributed by atoms with Gasteiger partial charge < -0.3 is 20.0 Å². The highest BCUT2D eigenvalue weighted by atomic mass is 35.5. The smallest absolute Gasteiger partial charge is 0.224 e. The summed E-state index contributed by atoms with van der Waals surface area (Å²) in [6.45, 7) is 0.473. The molecule has 2 N–H and O–H groups in total. The van der Waals surface area contributed by atoms with Gasteiger partial charge in [0.15, 0.2) is 16.1 Å². The average Bonchev–Trinajstić information content (AvgIpc) is 3.15. The van der Waals surface area contributed by atoms with Crippen molar-refractivity contribution < 1.29 is 27.4 Å². The second-order valence-corrected chi connectivity index (χ2v) is 8.42. The summed E-state index contributed by atoms with van der Waals surface area (Å²) in [5, 5.41) is 9.67. The number of nitrogens with zero attached hydrogens (tertiary/aromatic N) is 2. The van der Waals surface area contributed by atoms with Crippen molar-refractivity contribution in [2.75, 3.05) is 39.4 Å². The van der Waals surface area contributed by atoms with Crippen molar-refractivity contribution >= 4 is 38.5 Å². The molecule has 0 radical (unpaired) electrons. The maximum Gasteiger partial charge on any atom is 0.224 e. The van der Waals surface area contributed by atoms with Crippen molar-refractivity contribution in [1.29, 1.82) is 0 Å². The van der Waals surface area contributed by atoms with Gasteiger partial charge in [0, 0.05) is 45.6 Å². The second-order valence-electron chi connectivity index (χ2n) is 7.10. The van der Waals surface area contributed by atoms with Gasteiger partial charge in [-0.25, -0.2) is 4.39 Å². The molecular weight excluding hydrogens is 473 g/mol. The molecule has 0 saturated heterocycles. The Bertz CT molecular complexity index is 1200. The van der Waals surface area contributed by atoms with Crippen LogP contribution in [0.2, 0.25) is 0 Å². The number of halogens is 2. The van der Waals surface area contributed by atoms with Crippen LogP contribution in [0.1, 0.15) is 17.7 Å². The number of nitrogens with one attached hydrogen (secondary N) is 1. The predicted octanol–water partition coefficient (Wildman–Crippen LogP) is 2.47. The van der Waals surface area contributed by atoms with E-state index in [0.29, 0.717) is 41.1 Å². The summed E-state index contributed by atoms with van der Waals surface area (Å²) in [4.78, 5) is 3.96. The highest BCUT2D eigenvalue weighted by molar-refractivity contribution is 7.73. The average molecular weight is 498 g/mol. The molecule has 33 heavy (non-hydrogen) atoms. The zero-order valence-electron chi connectivity index (χ0n) is 18.2. The first-order chi connectivity index (χ1) is 15.9. The van der Waals surface area contributed by atoms with E-state index in [1.165, 1.54) is 18.3 Å². The van der Waals surface area contributed by atoms with Crippen LogP contribution in [0.3, 0.4) is 0 Å². The van der Waals surface area contributed by atoms with Crippen LogP contribution >= 0.6 is 11.6 Å². The van der Waals surface area contributed by atoms with E-state index in [1.807, 2.05) is 0 Å². The third-order valence-electron chi connectivity index (χ3n) is 5.00. The number of aliphatic hydroxyl groups excluding tert-OH is 1. The molecule has 0 fully saturated rings. The number of benzene rings is 1. The van der Waals surface area contributed by atoms with E-state index in [0.717, 1.165) is 0 Å². The number of ether oxygens (including phenoxy) is 2. The summed E-state index contributed by atoms with van der Waals surface area (Å²) < 4.78 is 50.6. The van der Waals surface area contributed by atoms with Gasteiger partial charge >= 0.3 is 0 Å². The normalized spacial score (nSPS) is 15.8. The molecule has 2 heterocycles. The molecule has 8 nitrogen and oxygen atoms in total. The van der Waals surface area contributed by atoms with Gasteiger partial charge in [-0.3, -0.25) is 9.67 Å². The van der Waals surface area contributed by atoms with Crippen LogP contribution in [0.5, 0.6) is 0 Å². The first-order valence-corrected chi connectivity index (χ1v) is 11.7. The van der Waals surface area contributed by atoms with E-state index in [-0.39, 0.29) is 30.3 Å². The molecule has 178 valence electrons. The molecule has 0 saturated carbocycles. The largest absolute Gasteiger partial charge is 0.491 e. The van der Waals surface area contributed by atoms with Gasteiger partial charge in [-0.2, -0.15) is 8.42 Å². The van der Waals surface area contributed by atoms with E-state index < -0.39 is 21.6 Å². The lowest BCUT2D eigenvalue weighted by atomic mass is 10.0. The lowest BCUT2D eigenvalue weighted by molar-refractivity contribution is 0.152. The third kappa shape index (κ3) is 5.47. The predicted molar refractivity (Wildman–Crippen MR) is 127 cm³/mol. The second kappa shape index (κ2) is 11.5. The Balaban J connectivity index is 2.27. The number of rotatable bonds is 10. The number of aromatic nitrogens is 1. The van der Waals surface area contributed by atoms with Crippen LogP contribution in [0.25, 0.3) is 16.8 Å². The molecular formula is C22H25ClFN3O5S. The molecule has 0 amide bonds. The Morgan fingerprint density at radius 3 is 2.73 bits per heavy atom. The maximum atomic E-state index is 13.9. The van der Waals surface area contributed by atoms with Gasteiger partial charge in [-0.05, 0) is 30.2 Å². The topological polar surface area (TPSA) is 102 Å². The molecule has 11 heteroatoms. The van der Waals surface area contributed by atoms with Gasteiger partial charge in [0.25, 0.3) is 0 Å². The summed E-state index contributed by atoms with van der Waals surface area (Å²) in [6, 6.07) is 7.89. The summed E-state index contributed by atoms with van der Waals surface area (Å²) in [6.07, 6.45) is 2.25. The minimum atomic E-state index is -2.69. The van der Waals surface area contributed by atoms with Crippen molar-refractivity contribution in [2.24, 2.45) is 4.99 Å². The van der Waals surface area contributed by atoms with Crippen LogP contribution in [0.4, 0.5) is 4.39 Å². The maximum absolute atomic E-state index is 13.9. The highest BCUT2D eigenvalue weighted by Gasteiger charge is 2.31. The van der Waals surface area contributed by atoms with Crippen LogP contribution in [-0.2, 0) is 26.2 Å². The number of alkyl halides is 1. The van der Waals surface area contributed by atoms with Crippen molar-refractivity contribution in [1.82, 2.24) is 4.68 Å². The van der Waals surface area contributed by atoms with Crippen LogP contribution < -0.4 is 5.43 Å². The monoisotopic (exact) mass is 497 g/mol. The number of dihydropyridines is 1. The first kappa shape index (κ1) is 25.0. The van der Waals surface area contributed by atoms with Gasteiger partial charge in [0.1, 0.15) is 5.82 Å². The van der Waals surface area contributed by atoms with Gasteiger partial charge in [-0.1, -0.05) is 23.7 Å². The van der Waals surface area contributed by atoms with Crippen molar-refractivity contribution in [2.45, 2.75) is 18.3 Å². The fourth-order valence-corrected chi connectivity index (χ4v) is 4.53. The molecule has 0 spiro atoms. The van der Waals surface area contributed by atoms with Crippen LogP contribution in [-0.4, -0.2) is 68.8 Å². The summed E-state index contributed by atoms with van der Waals surface area (Å²) in [5.74, 6) is -0.321. The number of allylic oxidation sites excluding steroid dienone is 1. The summed E-state index contributed by atoms with van der Waals surface area (Å²) in [5.41, 5.74) is 4.73. The molecule has 1 unspecified atom stereocenters. The van der Waals surface area contributed by atoms with E-state index in [9.17, 15) is 17.9 Å². The Kier molecular flexibility index (Phi) is 8.67. The zero-order chi connectivity index (χ0) is 24.0. The lowest BCUT2D eigenvalue weighted by Crippen LogP contribution is -2.26. The molecule has 1 aromatic carbocycles. The van der Waals surface area contributed by atoms with Crippen molar-refractivity contribution in [3.8, 4) is 11.3 Å². The molecule has 0 aliphatic carbocycles. The molecule has 1 aliphatic rings. The standard InChI is InChI=1S/C22H25ClFN3O5S/c1-25-27-18(14-5-3-6-16(24)11-14)12-15(7-8-28)19(27)17-13-26-22(23)21(33(29)30)20(17)32-10-4-9-31-2/h3,5-6,11-13,22,25,28H,4,7-10H2,1-2H3. The van der Waals surface area contributed by atoms with Crippen LogP contribution in [0.15, 0.2) is 41.1 Å². The zero-order valence-corrected chi connectivity index (χ0v) is 19.8. The fraction of sp³-hybridized carbons (Fsp3) is 0.364.